The molecular formula is C35H24Cl4N4O4. The fraction of sp³-hybridized carbons (Fsp3) is 0.0857. The molecule has 8 nitrogen and oxygen atoms in total. The lowest BCUT2D eigenvalue weighted by Crippen LogP contribution is -2.13. The zero-order valence-corrected chi connectivity index (χ0v) is 27.9. The summed E-state index contributed by atoms with van der Waals surface area (Å²) in [7, 11) is 0. The van der Waals surface area contributed by atoms with Crippen molar-refractivity contribution in [2.75, 3.05) is 10.6 Å². The van der Waals surface area contributed by atoms with Crippen LogP contribution < -0.4 is 10.6 Å². The van der Waals surface area contributed by atoms with Crippen LogP contribution in [0.15, 0.2) is 94.0 Å². The number of halogens is 4. The summed E-state index contributed by atoms with van der Waals surface area (Å²) in [5, 5.41) is 15.3. The molecule has 0 unspecified atom stereocenters. The number of aryl methyl sites for hydroxylation is 2. The summed E-state index contributed by atoms with van der Waals surface area (Å²) in [6.45, 7) is 3.30. The third kappa shape index (κ3) is 6.77. The highest BCUT2D eigenvalue weighted by atomic mass is 35.5. The summed E-state index contributed by atoms with van der Waals surface area (Å²) in [6, 6.07) is 25.1. The minimum Gasteiger partial charge on any atom is -0.360 e. The molecule has 2 heterocycles. The third-order valence-electron chi connectivity index (χ3n) is 7.41. The van der Waals surface area contributed by atoms with Crippen molar-refractivity contribution in [2.24, 2.45) is 0 Å². The maximum Gasteiger partial charge on any atom is 0.261 e. The second-order valence-corrected chi connectivity index (χ2v) is 12.2. The first kappa shape index (κ1) is 32.3. The van der Waals surface area contributed by atoms with Crippen LogP contribution >= 0.6 is 46.4 Å². The Bertz CT molecular complexity index is 1930. The number of rotatable bonds is 8. The van der Waals surface area contributed by atoms with Gasteiger partial charge in [-0.2, -0.15) is 0 Å². The number of hydrogen-bond donors (Lipinski definition) is 2. The molecule has 0 saturated heterocycles. The molecule has 236 valence electrons. The number of aromatic nitrogens is 2. The van der Waals surface area contributed by atoms with Gasteiger partial charge < -0.3 is 19.7 Å². The number of amides is 2. The fourth-order valence-corrected chi connectivity index (χ4v) is 6.26. The lowest BCUT2D eigenvalue weighted by Gasteiger charge is -2.10. The SMILES string of the molecule is Cc1onc(-c2c(Cl)cccc2Cl)c1C(=O)Nc1ccc(Cc2ccc(NC(=O)c3c(-c4c(Cl)cccc4Cl)noc3C)cc2)cc1. The van der Waals surface area contributed by atoms with Gasteiger partial charge in [0.2, 0.25) is 0 Å². The first-order valence-electron chi connectivity index (χ1n) is 14.2. The molecule has 0 saturated carbocycles. The zero-order valence-electron chi connectivity index (χ0n) is 24.8. The molecule has 0 radical (unpaired) electrons. The summed E-state index contributed by atoms with van der Waals surface area (Å²) >= 11 is 25.4. The average molecular weight is 706 g/mol. The first-order chi connectivity index (χ1) is 22.6. The molecule has 2 aromatic heterocycles. The van der Waals surface area contributed by atoms with E-state index in [1.807, 2.05) is 48.5 Å². The Morgan fingerprint density at radius 2 is 0.915 bits per heavy atom. The second kappa shape index (κ2) is 13.6. The molecule has 2 amide bonds. The van der Waals surface area contributed by atoms with Gasteiger partial charge in [-0.05, 0) is 79.9 Å². The van der Waals surface area contributed by atoms with Crippen LogP contribution in [0.3, 0.4) is 0 Å². The van der Waals surface area contributed by atoms with Crippen LogP contribution in [0, 0.1) is 13.8 Å². The van der Waals surface area contributed by atoms with Crippen molar-refractivity contribution in [3.8, 4) is 22.5 Å². The van der Waals surface area contributed by atoms with Gasteiger partial charge in [0, 0.05) is 22.5 Å². The van der Waals surface area contributed by atoms with E-state index in [1.165, 1.54) is 0 Å². The van der Waals surface area contributed by atoms with Crippen molar-refractivity contribution in [1.29, 1.82) is 0 Å². The highest BCUT2D eigenvalue weighted by Crippen LogP contribution is 2.38. The Labute approximate surface area is 289 Å². The van der Waals surface area contributed by atoms with Crippen LogP contribution in [0.5, 0.6) is 0 Å². The van der Waals surface area contributed by atoms with Gasteiger partial charge in [0.1, 0.15) is 34.0 Å². The van der Waals surface area contributed by atoms with Gasteiger partial charge in [0.15, 0.2) is 0 Å². The molecule has 0 bridgehead atoms. The Balaban J connectivity index is 1.11. The molecule has 47 heavy (non-hydrogen) atoms. The number of nitrogens with zero attached hydrogens (tertiary/aromatic N) is 2. The van der Waals surface area contributed by atoms with Crippen LogP contribution in [-0.2, 0) is 6.42 Å². The van der Waals surface area contributed by atoms with Crippen LogP contribution in [0.4, 0.5) is 11.4 Å². The summed E-state index contributed by atoms with van der Waals surface area (Å²) in [6.07, 6.45) is 0.627. The van der Waals surface area contributed by atoms with E-state index >= 15 is 0 Å². The van der Waals surface area contributed by atoms with Gasteiger partial charge in [-0.15, -0.1) is 0 Å². The van der Waals surface area contributed by atoms with Crippen molar-refractivity contribution in [2.45, 2.75) is 20.3 Å². The standard InChI is InChI=1S/C35H24Cl4N4O4/c1-18-28(32(42-46-18)30-24(36)5-3-6-25(30)37)34(44)40-22-13-9-20(10-14-22)17-21-11-15-23(16-12-21)41-35(45)29-19(2)47-43-33(29)31-26(38)7-4-8-27(31)39/h3-16H,17H2,1-2H3,(H,40,44)(H,41,45). The summed E-state index contributed by atoms with van der Waals surface area (Å²) in [5.41, 5.74) is 5.13. The smallest absolute Gasteiger partial charge is 0.261 e. The Kier molecular flexibility index (Phi) is 9.38. The molecule has 2 N–H and O–H groups in total. The van der Waals surface area contributed by atoms with Crippen LogP contribution in [-0.4, -0.2) is 22.1 Å². The lowest BCUT2D eigenvalue weighted by atomic mass is 10.0. The molecule has 0 atom stereocenters. The minimum absolute atomic E-state index is 0.249. The summed E-state index contributed by atoms with van der Waals surface area (Å²) in [5.74, 6) is -0.120. The number of benzene rings is 4. The zero-order chi connectivity index (χ0) is 33.2. The minimum atomic E-state index is -0.399. The molecule has 0 aliphatic rings. The molecular weight excluding hydrogens is 682 g/mol. The molecule has 12 heteroatoms. The topological polar surface area (TPSA) is 110 Å². The predicted octanol–water partition coefficient (Wildman–Crippen LogP) is 10.3. The van der Waals surface area contributed by atoms with E-state index in [0.29, 0.717) is 60.5 Å². The largest absolute Gasteiger partial charge is 0.360 e. The maximum absolute atomic E-state index is 13.3. The highest BCUT2D eigenvalue weighted by molar-refractivity contribution is 6.40. The van der Waals surface area contributed by atoms with E-state index in [2.05, 4.69) is 20.9 Å². The Hall–Kier alpha value is -4.60. The van der Waals surface area contributed by atoms with E-state index in [-0.39, 0.29) is 22.5 Å². The van der Waals surface area contributed by atoms with E-state index in [1.54, 1.807) is 50.2 Å². The van der Waals surface area contributed by atoms with Gasteiger partial charge in [-0.25, -0.2) is 0 Å². The van der Waals surface area contributed by atoms with E-state index in [9.17, 15) is 9.59 Å². The number of anilines is 2. The van der Waals surface area contributed by atoms with Gasteiger partial charge in [-0.3, -0.25) is 9.59 Å². The molecule has 4 aromatic carbocycles. The molecule has 0 spiro atoms. The Morgan fingerprint density at radius 1 is 0.574 bits per heavy atom. The van der Waals surface area contributed by atoms with Gasteiger partial charge in [-0.1, -0.05) is 93.1 Å². The van der Waals surface area contributed by atoms with Gasteiger partial charge >= 0.3 is 0 Å². The normalized spacial score (nSPS) is 11.0. The second-order valence-electron chi connectivity index (χ2n) is 10.6. The van der Waals surface area contributed by atoms with E-state index in [0.717, 1.165) is 11.1 Å². The number of carbonyl (C=O) groups is 2. The number of carbonyl (C=O) groups excluding carboxylic acids is 2. The number of nitrogens with one attached hydrogen (secondary N) is 2. The molecule has 6 rings (SSSR count). The monoisotopic (exact) mass is 704 g/mol. The van der Waals surface area contributed by atoms with E-state index < -0.39 is 11.8 Å². The molecule has 6 aromatic rings. The number of hydrogen-bond acceptors (Lipinski definition) is 6. The maximum atomic E-state index is 13.3. The predicted molar refractivity (Wildman–Crippen MR) is 185 cm³/mol. The summed E-state index contributed by atoms with van der Waals surface area (Å²) in [4.78, 5) is 26.5. The van der Waals surface area contributed by atoms with Crippen molar-refractivity contribution in [3.63, 3.8) is 0 Å². The quantitative estimate of drug-likeness (QED) is 0.163. The highest BCUT2D eigenvalue weighted by Gasteiger charge is 2.26. The molecule has 0 aliphatic carbocycles. The third-order valence-corrected chi connectivity index (χ3v) is 8.67. The van der Waals surface area contributed by atoms with Crippen molar-refractivity contribution >= 4 is 69.6 Å². The van der Waals surface area contributed by atoms with Crippen LogP contribution in [0.2, 0.25) is 20.1 Å². The lowest BCUT2D eigenvalue weighted by molar-refractivity contribution is 0.101. The Morgan fingerprint density at radius 3 is 1.26 bits per heavy atom. The van der Waals surface area contributed by atoms with Crippen LogP contribution in [0.1, 0.15) is 43.4 Å². The van der Waals surface area contributed by atoms with E-state index in [4.69, 9.17) is 55.4 Å². The van der Waals surface area contributed by atoms with Crippen molar-refractivity contribution in [3.05, 3.63) is 139 Å². The average Bonchev–Trinajstić information content (AvgIpc) is 3.61. The molecule has 0 fully saturated rings. The van der Waals surface area contributed by atoms with Gasteiger partial charge in [0.05, 0.1) is 20.1 Å². The first-order valence-corrected chi connectivity index (χ1v) is 15.7. The van der Waals surface area contributed by atoms with Crippen molar-refractivity contribution < 1.29 is 18.6 Å². The molecule has 0 aliphatic heterocycles. The van der Waals surface area contributed by atoms with Crippen LogP contribution in [0.25, 0.3) is 22.5 Å². The fourth-order valence-electron chi connectivity index (χ4n) is 5.10. The summed E-state index contributed by atoms with van der Waals surface area (Å²) < 4.78 is 10.6. The van der Waals surface area contributed by atoms with Gasteiger partial charge in [0.25, 0.3) is 11.8 Å². The van der Waals surface area contributed by atoms with Crippen molar-refractivity contribution in [1.82, 2.24) is 10.3 Å².